The molecule has 0 aliphatic carbocycles. The van der Waals surface area contributed by atoms with Crippen molar-refractivity contribution in [2.45, 2.75) is 78.1 Å². The summed E-state index contributed by atoms with van der Waals surface area (Å²) in [5.41, 5.74) is 5.21. The molecule has 0 unspecified atom stereocenters. The fourth-order valence-corrected chi connectivity index (χ4v) is 3.57. The molecule has 25 heavy (non-hydrogen) atoms. The standard InChI is InChI=1S/C24H33Cl/c1-3-5-7-8-10-11-20-13-15-21(16-14-20)23-18-17-22(24(25)19-23)12-9-6-4-2/h13-19H,3-12H2,1-2H3. The van der Waals surface area contributed by atoms with Gasteiger partial charge in [-0.25, -0.2) is 0 Å². The molecule has 0 aromatic heterocycles. The highest BCUT2D eigenvalue weighted by molar-refractivity contribution is 6.31. The molecule has 0 N–H and O–H groups in total. The number of hydrogen-bond acceptors (Lipinski definition) is 0. The summed E-state index contributed by atoms with van der Waals surface area (Å²) in [4.78, 5) is 0. The molecule has 0 spiro atoms. The van der Waals surface area contributed by atoms with Gasteiger partial charge in [0.2, 0.25) is 0 Å². The van der Waals surface area contributed by atoms with Gasteiger partial charge < -0.3 is 0 Å². The van der Waals surface area contributed by atoms with E-state index >= 15 is 0 Å². The summed E-state index contributed by atoms with van der Waals surface area (Å²) >= 11 is 6.50. The van der Waals surface area contributed by atoms with Crippen LogP contribution in [0.2, 0.25) is 5.02 Å². The van der Waals surface area contributed by atoms with E-state index in [1.54, 1.807) is 0 Å². The fraction of sp³-hybridized carbons (Fsp3) is 0.500. The summed E-state index contributed by atoms with van der Waals surface area (Å²) in [6.45, 7) is 4.50. The van der Waals surface area contributed by atoms with Crippen molar-refractivity contribution in [2.75, 3.05) is 0 Å². The third kappa shape index (κ3) is 6.86. The number of halogens is 1. The molecule has 1 heteroatoms. The van der Waals surface area contributed by atoms with E-state index in [-0.39, 0.29) is 0 Å². The van der Waals surface area contributed by atoms with Gasteiger partial charge in [-0.15, -0.1) is 0 Å². The molecule has 0 radical (unpaired) electrons. The van der Waals surface area contributed by atoms with Gasteiger partial charge in [-0.2, -0.15) is 0 Å². The molecule has 0 aliphatic heterocycles. The van der Waals surface area contributed by atoms with Crippen LogP contribution >= 0.6 is 11.6 Å². The lowest BCUT2D eigenvalue weighted by Crippen LogP contribution is -1.89. The second-order valence-electron chi connectivity index (χ2n) is 7.12. The summed E-state index contributed by atoms with van der Waals surface area (Å²) in [6, 6.07) is 15.6. The first kappa shape index (κ1) is 20.0. The summed E-state index contributed by atoms with van der Waals surface area (Å²) in [6.07, 6.45) is 12.7. The van der Waals surface area contributed by atoms with Crippen LogP contribution in [-0.2, 0) is 12.8 Å². The Labute approximate surface area is 159 Å². The zero-order valence-corrected chi connectivity index (χ0v) is 16.7. The Hall–Kier alpha value is -1.27. The number of unbranched alkanes of at least 4 members (excludes halogenated alkanes) is 6. The van der Waals surface area contributed by atoms with Crippen LogP contribution < -0.4 is 0 Å². The van der Waals surface area contributed by atoms with Crippen molar-refractivity contribution in [3.63, 3.8) is 0 Å². The molecule has 2 rings (SSSR count). The average molecular weight is 357 g/mol. The van der Waals surface area contributed by atoms with Crippen molar-refractivity contribution in [3.8, 4) is 11.1 Å². The van der Waals surface area contributed by atoms with Crippen LogP contribution in [0.3, 0.4) is 0 Å². The number of rotatable bonds is 11. The Bertz CT molecular complexity index is 612. The van der Waals surface area contributed by atoms with E-state index in [1.165, 1.54) is 80.0 Å². The first-order chi connectivity index (χ1) is 12.2. The number of aryl methyl sites for hydroxylation is 2. The van der Waals surface area contributed by atoms with Crippen LogP contribution in [0.5, 0.6) is 0 Å². The van der Waals surface area contributed by atoms with Gasteiger partial charge >= 0.3 is 0 Å². The molecule has 2 aromatic rings. The van der Waals surface area contributed by atoms with E-state index in [4.69, 9.17) is 11.6 Å². The Kier molecular flexibility index (Phi) is 9.11. The van der Waals surface area contributed by atoms with E-state index in [0.29, 0.717) is 0 Å². The normalized spacial score (nSPS) is 11.0. The Morgan fingerprint density at radius 3 is 1.92 bits per heavy atom. The molecular weight excluding hydrogens is 324 g/mol. The Morgan fingerprint density at radius 1 is 0.640 bits per heavy atom. The highest BCUT2D eigenvalue weighted by atomic mass is 35.5. The summed E-state index contributed by atoms with van der Waals surface area (Å²) < 4.78 is 0. The molecule has 0 saturated carbocycles. The van der Waals surface area contributed by atoms with Gasteiger partial charge in [0, 0.05) is 5.02 Å². The molecule has 136 valence electrons. The van der Waals surface area contributed by atoms with Crippen molar-refractivity contribution >= 4 is 11.6 Å². The monoisotopic (exact) mass is 356 g/mol. The third-order valence-corrected chi connectivity index (χ3v) is 5.31. The molecule has 0 amide bonds. The summed E-state index contributed by atoms with van der Waals surface area (Å²) in [5, 5.41) is 0.911. The summed E-state index contributed by atoms with van der Waals surface area (Å²) in [5.74, 6) is 0. The zero-order chi connectivity index (χ0) is 17.9. The van der Waals surface area contributed by atoms with Gasteiger partial charge in [0.05, 0.1) is 0 Å². The smallest absolute Gasteiger partial charge is 0.0444 e. The predicted molar refractivity (Wildman–Crippen MR) is 113 cm³/mol. The Balaban J connectivity index is 1.91. The lowest BCUT2D eigenvalue weighted by molar-refractivity contribution is 0.632. The van der Waals surface area contributed by atoms with Crippen molar-refractivity contribution in [1.29, 1.82) is 0 Å². The average Bonchev–Trinajstić information content (AvgIpc) is 2.63. The second kappa shape index (κ2) is 11.4. The molecule has 0 aliphatic rings. The fourth-order valence-electron chi connectivity index (χ4n) is 3.29. The molecule has 0 saturated heterocycles. The van der Waals surface area contributed by atoms with Gasteiger partial charge in [-0.1, -0.05) is 100 Å². The van der Waals surface area contributed by atoms with Gasteiger partial charge in [0.1, 0.15) is 0 Å². The minimum Gasteiger partial charge on any atom is -0.0840 e. The van der Waals surface area contributed by atoms with Crippen molar-refractivity contribution in [2.24, 2.45) is 0 Å². The molecule has 0 bridgehead atoms. The maximum absolute atomic E-state index is 6.50. The quantitative estimate of drug-likeness (QED) is 0.355. The van der Waals surface area contributed by atoms with E-state index in [1.807, 2.05) is 0 Å². The Morgan fingerprint density at radius 2 is 1.24 bits per heavy atom. The molecule has 0 fully saturated rings. The lowest BCUT2D eigenvalue weighted by atomic mass is 9.99. The third-order valence-electron chi connectivity index (χ3n) is 4.96. The van der Waals surface area contributed by atoms with Gasteiger partial charge in [0.15, 0.2) is 0 Å². The van der Waals surface area contributed by atoms with Gasteiger partial charge in [-0.3, -0.25) is 0 Å². The van der Waals surface area contributed by atoms with Crippen LogP contribution in [0.15, 0.2) is 42.5 Å². The van der Waals surface area contributed by atoms with Crippen LogP contribution in [0, 0.1) is 0 Å². The van der Waals surface area contributed by atoms with Gasteiger partial charge in [-0.05, 0) is 54.0 Å². The largest absolute Gasteiger partial charge is 0.0840 e. The van der Waals surface area contributed by atoms with Crippen LogP contribution in [-0.4, -0.2) is 0 Å². The summed E-state index contributed by atoms with van der Waals surface area (Å²) in [7, 11) is 0. The lowest BCUT2D eigenvalue weighted by Gasteiger charge is -2.09. The van der Waals surface area contributed by atoms with Gasteiger partial charge in [0.25, 0.3) is 0 Å². The molecular formula is C24H33Cl. The first-order valence-corrected chi connectivity index (χ1v) is 10.5. The van der Waals surface area contributed by atoms with E-state index < -0.39 is 0 Å². The maximum atomic E-state index is 6.50. The number of benzene rings is 2. The minimum absolute atomic E-state index is 0.911. The highest BCUT2D eigenvalue weighted by Gasteiger charge is 2.04. The molecule has 2 aromatic carbocycles. The van der Waals surface area contributed by atoms with Crippen LogP contribution in [0.4, 0.5) is 0 Å². The van der Waals surface area contributed by atoms with Crippen LogP contribution in [0.25, 0.3) is 11.1 Å². The van der Waals surface area contributed by atoms with Crippen LogP contribution in [0.1, 0.15) is 76.3 Å². The molecule has 0 atom stereocenters. The topological polar surface area (TPSA) is 0 Å². The van der Waals surface area contributed by atoms with E-state index in [9.17, 15) is 0 Å². The van der Waals surface area contributed by atoms with Crippen molar-refractivity contribution in [1.82, 2.24) is 0 Å². The minimum atomic E-state index is 0.911. The zero-order valence-electron chi connectivity index (χ0n) is 16.0. The predicted octanol–water partition coefficient (Wildman–Crippen LogP) is 8.25. The second-order valence-corrected chi connectivity index (χ2v) is 7.53. The maximum Gasteiger partial charge on any atom is 0.0444 e. The first-order valence-electron chi connectivity index (χ1n) is 10.1. The highest BCUT2D eigenvalue weighted by Crippen LogP contribution is 2.27. The van der Waals surface area contributed by atoms with E-state index in [0.717, 1.165) is 11.4 Å². The van der Waals surface area contributed by atoms with E-state index in [2.05, 4.69) is 56.3 Å². The van der Waals surface area contributed by atoms with Crippen molar-refractivity contribution < 1.29 is 0 Å². The SMILES string of the molecule is CCCCCCCc1ccc(-c2ccc(CCCCC)c(Cl)c2)cc1. The number of hydrogen-bond donors (Lipinski definition) is 0. The molecule has 0 nitrogen and oxygen atoms in total. The van der Waals surface area contributed by atoms with Crippen molar-refractivity contribution in [3.05, 3.63) is 58.6 Å². The molecule has 0 heterocycles.